The number of hydrogen-bond acceptors (Lipinski definition) is 5. The molecule has 0 aliphatic carbocycles. The van der Waals surface area contributed by atoms with Gasteiger partial charge in [-0.05, 0) is 6.42 Å². The van der Waals surface area contributed by atoms with E-state index in [1.807, 2.05) is 29.9 Å². The molecule has 132 valence electrons. The smallest absolute Gasteiger partial charge is 0.356 e. The van der Waals surface area contributed by atoms with Crippen LogP contribution >= 0.6 is 0 Å². The molecular weight excluding hydrogens is 330 g/mol. The quantitative estimate of drug-likeness (QED) is 0.780. The van der Waals surface area contributed by atoms with Gasteiger partial charge in [-0.25, -0.2) is 9.78 Å². The van der Waals surface area contributed by atoms with Gasteiger partial charge in [0.15, 0.2) is 5.69 Å². The Kier molecular flexibility index (Phi) is 4.12. The van der Waals surface area contributed by atoms with Crippen molar-refractivity contribution >= 4 is 11.8 Å². The molecule has 0 spiro atoms. The molecule has 0 bridgehead atoms. The topological polar surface area (TPSA) is 84.1 Å². The number of carboxylic acids is 1. The standard InChI is InChI=1S/C19H19N5O2/c1-23-16-8-10-24(17-12-20-11-15(21-17)19(25)26)9-7-14(16)18(22-23)13-5-3-2-4-6-13/h2-6,11-12H,7-10H2,1H3,(H,25,26). The minimum absolute atomic E-state index is 0.0316. The Morgan fingerprint density at radius 2 is 1.88 bits per heavy atom. The maximum Gasteiger partial charge on any atom is 0.356 e. The second-order valence-corrected chi connectivity index (χ2v) is 6.32. The highest BCUT2D eigenvalue weighted by molar-refractivity contribution is 5.85. The molecule has 0 saturated carbocycles. The number of hydrogen-bond donors (Lipinski definition) is 1. The maximum atomic E-state index is 11.2. The lowest BCUT2D eigenvalue weighted by Gasteiger charge is -2.21. The van der Waals surface area contributed by atoms with Gasteiger partial charge >= 0.3 is 5.97 Å². The van der Waals surface area contributed by atoms with Crippen LogP contribution in [0.2, 0.25) is 0 Å². The number of benzene rings is 1. The maximum absolute atomic E-state index is 11.2. The zero-order valence-corrected chi connectivity index (χ0v) is 14.5. The van der Waals surface area contributed by atoms with Gasteiger partial charge in [0, 0.05) is 43.4 Å². The molecule has 0 fully saturated rings. The summed E-state index contributed by atoms with van der Waals surface area (Å²) >= 11 is 0. The highest BCUT2D eigenvalue weighted by Gasteiger charge is 2.23. The average Bonchev–Trinajstić information content (AvgIpc) is 2.84. The number of aromatic nitrogens is 4. The van der Waals surface area contributed by atoms with E-state index in [4.69, 9.17) is 10.2 Å². The van der Waals surface area contributed by atoms with Crippen LogP contribution in [-0.2, 0) is 19.9 Å². The average molecular weight is 349 g/mol. The van der Waals surface area contributed by atoms with Crippen LogP contribution in [0.1, 0.15) is 21.7 Å². The Morgan fingerprint density at radius 1 is 1.12 bits per heavy atom. The zero-order valence-electron chi connectivity index (χ0n) is 14.5. The molecule has 0 unspecified atom stereocenters. The molecule has 3 heterocycles. The molecule has 26 heavy (non-hydrogen) atoms. The molecule has 1 aliphatic rings. The number of nitrogens with zero attached hydrogens (tertiary/aromatic N) is 5. The van der Waals surface area contributed by atoms with E-state index in [2.05, 4.69) is 27.0 Å². The van der Waals surface area contributed by atoms with E-state index < -0.39 is 5.97 Å². The van der Waals surface area contributed by atoms with Crippen molar-refractivity contribution < 1.29 is 9.90 Å². The fraction of sp³-hybridized carbons (Fsp3) is 0.263. The van der Waals surface area contributed by atoms with Crippen LogP contribution < -0.4 is 4.90 Å². The minimum atomic E-state index is -1.06. The van der Waals surface area contributed by atoms with E-state index in [1.54, 1.807) is 6.20 Å². The normalized spacial score (nSPS) is 14.0. The molecule has 1 N–H and O–H groups in total. The van der Waals surface area contributed by atoms with Crippen LogP contribution in [0.4, 0.5) is 5.82 Å². The molecule has 0 atom stereocenters. The van der Waals surface area contributed by atoms with Gasteiger partial charge in [0.2, 0.25) is 0 Å². The van der Waals surface area contributed by atoms with Crippen molar-refractivity contribution in [2.45, 2.75) is 12.8 Å². The van der Waals surface area contributed by atoms with Crippen molar-refractivity contribution in [2.24, 2.45) is 7.05 Å². The fourth-order valence-electron chi connectivity index (χ4n) is 3.45. The van der Waals surface area contributed by atoms with Crippen molar-refractivity contribution in [1.29, 1.82) is 0 Å². The van der Waals surface area contributed by atoms with Crippen LogP contribution in [0, 0.1) is 0 Å². The Balaban J connectivity index is 1.64. The number of rotatable bonds is 3. The number of aryl methyl sites for hydroxylation is 1. The van der Waals surface area contributed by atoms with Crippen LogP contribution in [0.3, 0.4) is 0 Å². The Labute approximate surface area is 150 Å². The molecule has 4 rings (SSSR count). The molecular formula is C19H19N5O2. The number of anilines is 1. The summed E-state index contributed by atoms with van der Waals surface area (Å²) in [5.41, 5.74) is 4.58. The van der Waals surface area contributed by atoms with Crippen LogP contribution in [-0.4, -0.2) is 43.9 Å². The molecule has 7 nitrogen and oxygen atoms in total. The summed E-state index contributed by atoms with van der Waals surface area (Å²) in [5, 5.41) is 13.9. The first-order valence-electron chi connectivity index (χ1n) is 8.54. The third kappa shape index (κ3) is 2.92. The van der Waals surface area contributed by atoms with Crippen LogP contribution in [0.15, 0.2) is 42.7 Å². The van der Waals surface area contributed by atoms with Gasteiger partial charge in [-0.15, -0.1) is 0 Å². The fourth-order valence-corrected chi connectivity index (χ4v) is 3.45. The predicted octanol–water partition coefficient (Wildman–Crippen LogP) is 2.18. The molecule has 1 aromatic carbocycles. The second-order valence-electron chi connectivity index (χ2n) is 6.32. The Hall–Kier alpha value is -3.22. The van der Waals surface area contributed by atoms with E-state index in [9.17, 15) is 4.79 Å². The van der Waals surface area contributed by atoms with E-state index in [0.29, 0.717) is 5.82 Å². The van der Waals surface area contributed by atoms with Gasteiger partial charge in [0.1, 0.15) is 5.82 Å². The number of carbonyl (C=O) groups is 1. The van der Waals surface area contributed by atoms with E-state index >= 15 is 0 Å². The molecule has 7 heteroatoms. The van der Waals surface area contributed by atoms with E-state index in [1.165, 1.54) is 17.5 Å². The van der Waals surface area contributed by atoms with E-state index in [-0.39, 0.29) is 5.69 Å². The third-order valence-electron chi connectivity index (χ3n) is 4.74. The van der Waals surface area contributed by atoms with Crippen LogP contribution in [0.25, 0.3) is 11.3 Å². The van der Waals surface area contributed by atoms with Crippen molar-refractivity contribution in [2.75, 3.05) is 18.0 Å². The lowest BCUT2D eigenvalue weighted by molar-refractivity contribution is 0.0690. The van der Waals surface area contributed by atoms with Gasteiger partial charge in [-0.3, -0.25) is 9.67 Å². The highest BCUT2D eigenvalue weighted by Crippen LogP contribution is 2.28. The first kappa shape index (κ1) is 16.3. The van der Waals surface area contributed by atoms with Gasteiger partial charge in [0.05, 0.1) is 18.1 Å². The monoisotopic (exact) mass is 349 g/mol. The summed E-state index contributed by atoms with van der Waals surface area (Å²) in [6, 6.07) is 10.2. The predicted molar refractivity (Wildman–Crippen MR) is 97.3 cm³/mol. The number of carboxylic acid groups (broad SMARTS) is 1. The van der Waals surface area contributed by atoms with Gasteiger partial charge < -0.3 is 10.0 Å². The summed E-state index contributed by atoms with van der Waals surface area (Å²) in [6.45, 7) is 1.49. The van der Waals surface area contributed by atoms with Gasteiger partial charge in [0.25, 0.3) is 0 Å². The molecule has 3 aromatic rings. The molecule has 0 amide bonds. The summed E-state index contributed by atoms with van der Waals surface area (Å²) in [5.74, 6) is -0.458. The number of aromatic carboxylic acids is 1. The molecule has 2 aromatic heterocycles. The summed E-state index contributed by atoms with van der Waals surface area (Å²) in [4.78, 5) is 21.5. The van der Waals surface area contributed by atoms with Crippen molar-refractivity contribution in [3.05, 3.63) is 59.7 Å². The van der Waals surface area contributed by atoms with Crippen LogP contribution in [0.5, 0.6) is 0 Å². The molecule has 1 aliphatic heterocycles. The lowest BCUT2D eigenvalue weighted by Crippen LogP contribution is -2.28. The first-order valence-corrected chi connectivity index (χ1v) is 8.54. The second kappa shape index (κ2) is 6.59. The van der Waals surface area contributed by atoms with Gasteiger partial charge in [-0.1, -0.05) is 30.3 Å². The highest BCUT2D eigenvalue weighted by atomic mass is 16.4. The van der Waals surface area contributed by atoms with Crippen molar-refractivity contribution in [1.82, 2.24) is 19.7 Å². The number of fused-ring (bicyclic) bond motifs is 1. The SMILES string of the molecule is Cn1nc(-c2ccccc2)c2c1CCN(c1cncc(C(=O)O)n1)CC2. The van der Waals surface area contributed by atoms with Gasteiger partial charge in [-0.2, -0.15) is 5.10 Å². The van der Waals surface area contributed by atoms with Crippen molar-refractivity contribution in [3.8, 4) is 11.3 Å². The minimum Gasteiger partial charge on any atom is -0.476 e. The third-order valence-corrected chi connectivity index (χ3v) is 4.74. The first-order chi connectivity index (χ1) is 12.6. The summed E-state index contributed by atoms with van der Waals surface area (Å²) in [6.07, 6.45) is 4.55. The summed E-state index contributed by atoms with van der Waals surface area (Å²) in [7, 11) is 1.98. The Bertz CT molecular complexity index is 952. The largest absolute Gasteiger partial charge is 0.476 e. The zero-order chi connectivity index (χ0) is 18.1. The summed E-state index contributed by atoms with van der Waals surface area (Å²) < 4.78 is 1.96. The lowest BCUT2D eigenvalue weighted by atomic mass is 10.0. The van der Waals surface area contributed by atoms with E-state index in [0.717, 1.165) is 37.2 Å². The Morgan fingerprint density at radius 3 is 2.65 bits per heavy atom. The molecule has 0 radical (unpaired) electrons. The molecule has 0 saturated heterocycles. The van der Waals surface area contributed by atoms with Crippen molar-refractivity contribution in [3.63, 3.8) is 0 Å².